The van der Waals surface area contributed by atoms with Crippen LogP contribution in [0.15, 0.2) is 48.8 Å². The molecule has 0 saturated carbocycles. The van der Waals surface area contributed by atoms with E-state index in [4.69, 9.17) is 5.26 Å². The number of hydrogen-bond acceptors (Lipinski definition) is 5. The van der Waals surface area contributed by atoms with Gasteiger partial charge < -0.3 is 10.2 Å². The number of carbonyl (C=O) groups excluding carboxylic acids is 2. The number of carbonyl (C=O) groups is 2. The van der Waals surface area contributed by atoms with Crippen LogP contribution in [0.2, 0.25) is 0 Å². The Morgan fingerprint density at radius 2 is 2.06 bits per heavy atom. The van der Waals surface area contributed by atoms with Crippen LogP contribution in [-0.4, -0.2) is 51.7 Å². The number of nitrogens with one attached hydrogen (secondary N) is 1. The molecule has 178 valence electrons. The number of amides is 2. The van der Waals surface area contributed by atoms with Crippen LogP contribution in [-0.2, 0) is 4.79 Å². The highest BCUT2D eigenvalue weighted by Gasteiger charge is 2.47. The summed E-state index contributed by atoms with van der Waals surface area (Å²) < 4.78 is 27.3. The van der Waals surface area contributed by atoms with Crippen molar-refractivity contribution < 1.29 is 18.4 Å². The number of fused-ring (bicyclic) bond motifs is 1. The molecular weight excluding hydrogens is 452 g/mol. The third-order valence-electron chi connectivity index (χ3n) is 5.90. The molecule has 35 heavy (non-hydrogen) atoms. The number of nitrogens with zero attached hydrogens (tertiary/aromatic N) is 4. The first-order valence-corrected chi connectivity index (χ1v) is 11.0. The predicted molar refractivity (Wildman–Crippen MR) is 127 cm³/mol. The monoisotopic (exact) mass is 475 g/mol. The second kappa shape index (κ2) is 9.58. The highest BCUT2D eigenvalue weighted by Crippen LogP contribution is 2.31. The first-order valence-electron chi connectivity index (χ1n) is 11.0. The summed E-state index contributed by atoms with van der Waals surface area (Å²) in [7, 11) is 0. The molecule has 2 aromatic heterocycles. The molecule has 3 heterocycles. The van der Waals surface area contributed by atoms with Gasteiger partial charge in [-0.25, -0.2) is 8.78 Å². The maximum absolute atomic E-state index is 13.6. The standard InChI is InChI=1S/C26H23F2N5O2/c1-16(19-5-3-17(2)31-13-19)9-18-4-6-23-22(10-18)21(7-8-30-23)25(35)32-14-24(34)33-15-26(27,28)11-20(33)12-29/h3-10,13,20H,11,14-15H2,1-2H3,(H,32,35)/b16-9+/t20-/m0/s1. The third-order valence-corrected chi connectivity index (χ3v) is 5.90. The molecule has 4 rings (SSSR count). The van der Waals surface area contributed by atoms with Gasteiger partial charge in [0, 0.05) is 29.9 Å². The lowest BCUT2D eigenvalue weighted by molar-refractivity contribution is -0.131. The molecule has 2 amide bonds. The Hall–Kier alpha value is -4.19. The molecule has 1 aromatic carbocycles. The summed E-state index contributed by atoms with van der Waals surface area (Å²) in [4.78, 5) is 34.8. The smallest absolute Gasteiger partial charge is 0.268 e. The molecule has 0 bridgehead atoms. The van der Waals surface area contributed by atoms with Crippen molar-refractivity contribution in [3.8, 4) is 6.07 Å². The van der Waals surface area contributed by atoms with Crippen LogP contribution in [0.25, 0.3) is 22.6 Å². The largest absolute Gasteiger partial charge is 0.343 e. The van der Waals surface area contributed by atoms with Gasteiger partial charge in [0.2, 0.25) is 5.91 Å². The minimum absolute atomic E-state index is 0.302. The van der Waals surface area contributed by atoms with E-state index in [0.717, 1.165) is 27.3 Å². The van der Waals surface area contributed by atoms with Crippen molar-refractivity contribution >= 4 is 34.4 Å². The SMILES string of the molecule is C/C(=C\c1ccc2nccc(C(=O)NCC(=O)N3CC(F)(F)C[C@H]3C#N)c2c1)c1ccc(C)nc1. The van der Waals surface area contributed by atoms with Crippen molar-refractivity contribution in [2.45, 2.75) is 32.2 Å². The lowest BCUT2D eigenvalue weighted by atomic mass is 10.0. The van der Waals surface area contributed by atoms with Gasteiger partial charge in [0.15, 0.2) is 0 Å². The Morgan fingerprint density at radius 1 is 1.26 bits per heavy atom. The van der Waals surface area contributed by atoms with Gasteiger partial charge in [0.05, 0.1) is 30.2 Å². The van der Waals surface area contributed by atoms with Gasteiger partial charge in [-0.3, -0.25) is 19.6 Å². The topological polar surface area (TPSA) is 99.0 Å². The van der Waals surface area contributed by atoms with E-state index in [1.54, 1.807) is 18.3 Å². The minimum Gasteiger partial charge on any atom is -0.343 e. The molecule has 1 aliphatic heterocycles. The number of benzene rings is 1. The Balaban J connectivity index is 1.53. The normalized spacial score (nSPS) is 17.3. The van der Waals surface area contributed by atoms with Crippen LogP contribution < -0.4 is 5.32 Å². The molecule has 1 N–H and O–H groups in total. The predicted octanol–water partition coefficient (Wildman–Crippen LogP) is 3.99. The Kier molecular flexibility index (Phi) is 6.56. The number of pyridine rings is 2. The number of alkyl halides is 2. The maximum Gasteiger partial charge on any atom is 0.268 e. The van der Waals surface area contributed by atoms with E-state index in [1.165, 1.54) is 12.3 Å². The lowest BCUT2D eigenvalue weighted by Gasteiger charge is -2.19. The molecule has 0 aliphatic carbocycles. The quantitative estimate of drug-likeness (QED) is 0.602. The fourth-order valence-corrected chi connectivity index (χ4v) is 4.03. The summed E-state index contributed by atoms with van der Waals surface area (Å²) in [5.74, 6) is -4.38. The van der Waals surface area contributed by atoms with Crippen molar-refractivity contribution in [3.63, 3.8) is 0 Å². The molecule has 1 fully saturated rings. The average Bonchev–Trinajstić information content (AvgIpc) is 3.17. The Labute approximate surface area is 201 Å². The van der Waals surface area contributed by atoms with Gasteiger partial charge in [0.25, 0.3) is 11.8 Å². The van der Waals surface area contributed by atoms with Crippen LogP contribution in [0.5, 0.6) is 0 Å². The van der Waals surface area contributed by atoms with E-state index in [9.17, 15) is 18.4 Å². The van der Waals surface area contributed by atoms with E-state index < -0.39 is 43.3 Å². The van der Waals surface area contributed by atoms with Crippen LogP contribution >= 0.6 is 0 Å². The number of hydrogen-bond donors (Lipinski definition) is 1. The summed E-state index contributed by atoms with van der Waals surface area (Å²) in [6, 6.07) is 11.5. The summed E-state index contributed by atoms with van der Waals surface area (Å²) in [6.45, 7) is 2.57. The molecule has 0 radical (unpaired) electrons. The van der Waals surface area contributed by atoms with Crippen LogP contribution in [0.3, 0.4) is 0 Å². The van der Waals surface area contributed by atoms with E-state index >= 15 is 0 Å². The summed E-state index contributed by atoms with van der Waals surface area (Å²) >= 11 is 0. The number of aromatic nitrogens is 2. The zero-order valence-electron chi connectivity index (χ0n) is 19.3. The number of halogens is 2. The van der Waals surface area contributed by atoms with E-state index in [2.05, 4.69) is 15.3 Å². The molecular formula is C26H23F2N5O2. The second-order valence-corrected chi connectivity index (χ2v) is 8.56. The van der Waals surface area contributed by atoms with Gasteiger partial charge in [-0.2, -0.15) is 5.26 Å². The highest BCUT2D eigenvalue weighted by atomic mass is 19.3. The first-order chi connectivity index (χ1) is 16.7. The van der Waals surface area contributed by atoms with Gasteiger partial charge in [-0.15, -0.1) is 0 Å². The Bertz CT molecular complexity index is 1360. The number of rotatable bonds is 5. The zero-order valence-corrected chi connectivity index (χ0v) is 19.3. The van der Waals surface area contributed by atoms with Gasteiger partial charge in [-0.1, -0.05) is 18.2 Å². The van der Waals surface area contributed by atoms with Crippen LogP contribution in [0, 0.1) is 18.3 Å². The number of allylic oxidation sites excluding steroid dienone is 1. The molecule has 1 aliphatic rings. The minimum atomic E-state index is -3.11. The number of nitriles is 1. The van der Waals surface area contributed by atoms with Gasteiger partial charge >= 0.3 is 0 Å². The van der Waals surface area contributed by atoms with Crippen LogP contribution in [0.4, 0.5) is 8.78 Å². The fraction of sp³-hybridized carbons (Fsp3) is 0.269. The van der Waals surface area contributed by atoms with Crippen LogP contribution in [0.1, 0.15) is 40.5 Å². The van der Waals surface area contributed by atoms with Crippen molar-refractivity contribution in [2.75, 3.05) is 13.1 Å². The average molecular weight is 475 g/mol. The van der Waals surface area contributed by atoms with E-state index in [0.29, 0.717) is 16.5 Å². The third kappa shape index (κ3) is 5.32. The van der Waals surface area contributed by atoms with Crippen molar-refractivity contribution in [1.82, 2.24) is 20.2 Å². The Morgan fingerprint density at radius 3 is 2.77 bits per heavy atom. The summed E-state index contributed by atoms with van der Waals surface area (Å²) in [5, 5.41) is 12.2. The van der Waals surface area contributed by atoms with Crippen molar-refractivity contribution in [1.29, 1.82) is 5.26 Å². The van der Waals surface area contributed by atoms with E-state index in [1.807, 2.05) is 44.2 Å². The first kappa shape index (κ1) is 24.0. The molecule has 1 atom stereocenters. The molecule has 9 heteroatoms. The molecule has 3 aromatic rings. The fourth-order valence-electron chi connectivity index (χ4n) is 4.03. The molecule has 7 nitrogen and oxygen atoms in total. The molecule has 0 spiro atoms. The summed E-state index contributed by atoms with van der Waals surface area (Å²) in [6.07, 6.45) is 4.56. The summed E-state index contributed by atoms with van der Waals surface area (Å²) in [5.41, 5.74) is 4.64. The van der Waals surface area contributed by atoms with Gasteiger partial charge in [-0.05, 0) is 54.8 Å². The number of likely N-dealkylation sites (tertiary alicyclic amines) is 1. The highest BCUT2D eigenvalue weighted by molar-refractivity contribution is 6.07. The molecule has 0 unspecified atom stereocenters. The zero-order chi connectivity index (χ0) is 25.2. The van der Waals surface area contributed by atoms with E-state index in [-0.39, 0.29) is 0 Å². The number of aryl methyl sites for hydroxylation is 1. The second-order valence-electron chi connectivity index (χ2n) is 8.56. The lowest BCUT2D eigenvalue weighted by Crippen LogP contribution is -2.43. The maximum atomic E-state index is 13.6. The van der Waals surface area contributed by atoms with Crippen molar-refractivity contribution in [2.24, 2.45) is 0 Å². The molecule has 1 saturated heterocycles. The van der Waals surface area contributed by atoms with Gasteiger partial charge in [0.1, 0.15) is 6.04 Å². The van der Waals surface area contributed by atoms with Crippen molar-refractivity contribution in [3.05, 3.63) is 71.2 Å².